The number of para-hydroxylation sites is 1. The van der Waals surface area contributed by atoms with Crippen LogP contribution in [0.5, 0.6) is 0 Å². The Balaban J connectivity index is 2.23. The number of hydrogen-bond donors (Lipinski definition) is 2. The van der Waals surface area contributed by atoms with Crippen LogP contribution in [0.2, 0.25) is 5.15 Å². The minimum atomic E-state index is 0.329. The minimum Gasteiger partial charge on any atom is -0.464 e. The maximum Gasteiger partial charge on any atom is 0.134 e. The maximum absolute atomic E-state index is 6.10. The van der Waals surface area contributed by atoms with E-state index in [-0.39, 0.29) is 0 Å². The van der Waals surface area contributed by atoms with E-state index < -0.39 is 0 Å². The third-order valence-electron chi connectivity index (χ3n) is 2.64. The van der Waals surface area contributed by atoms with Gasteiger partial charge in [0.05, 0.1) is 6.54 Å². The molecule has 0 amide bonds. The highest BCUT2D eigenvalue weighted by Crippen LogP contribution is 2.33. The molecular weight excluding hydrogens is 238 g/mol. The lowest BCUT2D eigenvalue weighted by Gasteiger charge is -1.93. The number of fused-ring (bicyclic) bond motifs is 1. The predicted molar refractivity (Wildman–Crippen MR) is 66.7 cm³/mol. The molecule has 2 aromatic heterocycles. The highest BCUT2D eigenvalue weighted by molar-refractivity contribution is 6.32. The van der Waals surface area contributed by atoms with Crippen LogP contribution in [0.3, 0.4) is 0 Å². The number of nitrogens with two attached hydrogens (primary N) is 1. The molecular formula is C12H10ClN3O. The first-order valence-electron chi connectivity index (χ1n) is 5.20. The molecule has 2 heterocycles. The summed E-state index contributed by atoms with van der Waals surface area (Å²) in [4.78, 5) is 7.28. The van der Waals surface area contributed by atoms with Gasteiger partial charge in [0, 0.05) is 10.9 Å². The van der Waals surface area contributed by atoms with Crippen molar-refractivity contribution in [3.8, 4) is 11.3 Å². The summed E-state index contributed by atoms with van der Waals surface area (Å²) in [7, 11) is 0. The fourth-order valence-electron chi connectivity index (χ4n) is 1.83. The lowest BCUT2D eigenvalue weighted by Crippen LogP contribution is -1.97. The van der Waals surface area contributed by atoms with E-state index in [0.717, 1.165) is 16.5 Å². The highest BCUT2D eigenvalue weighted by Gasteiger charge is 2.14. The number of imidazole rings is 1. The van der Waals surface area contributed by atoms with Gasteiger partial charge in [-0.25, -0.2) is 4.98 Å². The molecule has 0 aliphatic rings. The van der Waals surface area contributed by atoms with Gasteiger partial charge in [-0.05, 0) is 6.07 Å². The number of hydrogen-bond acceptors (Lipinski definition) is 3. The second kappa shape index (κ2) is 3.91. The largest absolute Gasteiger partial charge is 0.464 e. The number of nitrogens with one attached hydrogen (secondary N) is 1. The van der Waals surface area contributed by atoms with Crippen LogP contribution in [0.1, 0.15) is 5.82 Å². The van der Waals surface area contributed by atoms with Gasteiger partial charge >= 0.3 is 0 Å². The average molecular weight is 248 g/mol. The molecule has 4 nitrogen and oxygen atoms in total. The van der Waals surface area contributed by atoms with Crippen LogP contribution >= 0.6 is 11.6 Å². The normalized spacial score (nSPS) is 11.2. The van der Waals surface area contributed by atoms with Crippen LogP contribution in [0.4, 0.5) is 0 Å². The van der Waals surface area contributed by atoms with Gasteiger partial charge in [-0.2, -0.15) is 0 Å². The topological polar surface area (TPSA) is 67.8 Å². The number of aromatic nitrogens is 2. The fourth-order valence-corrected chi connectivity index (χ4v) is 2.09. The molecule has 0 fully saturated rings. The molecule has 0 unspecified atom stereocenters. The number of H-pyrrole nitrogens is 1. The van der Waals surface area contributed by atoms with Gasteiger partial charge < -0.3 is 15.1 Å². The Kier molecular flexibility index (Phi) is 2.39. The van der Waals surface area contributed by atoms with E-state index in [1.165, 1.54) is 0 Å². The number of nitrogens with zero attached hydrogens (tertiary/aromatic N) is 1. The molecule has 1 aromatic carbocycles. The molecule has 0 saturated carbocycles. The molecule has 0 bridgehead atoms. The summed E-state index contributed by atoms with van der Waals surface area (Å²) in [6.07, 6.45) is 1.66. The summed E-state index contributed by atoms with van der Waals surface area (Å²) in [5.74, 6) is 0.662. The summed E-state index contributed by atoms with van der Waals surface area (Å²) in [6, 6.07) is 7.75. The van der Waals surface area contributed by atoms with Crippen LogP contribution in [0.15, 0.2) is 34.9 Å². The van der Waals surface area contributed by atoms with Gasteiger partial charge in [0.2, 0.25) is 0 Å². The molecule has 17 heavy (non-hydrogen) atoms. The molecule has 86 valence electrons. The van der Waals surface area contributed by atoms with Crippen molar-refractivity contribution in [1.29, 1.82) is 0 Å². The van der Waals surface area contributed by atoms with Crippen molar-refractivity contribution in [2.45, 2.75) is 6.54 Å². The van der Waals surface area contributed by atoms with E-state index in [1.54, 1.807) is 6.26 Å². The zero-order chi connectivity index (χ0) is 11.8. The van der Waals surface area contributed by atoms with Crippen molar-refractivity contribution in [3.63, 3.8) is 0 Å². The van der Waals surface area contributed by atoms with E-state index in [2.05, 4.69) is 9.97 Å². The molecule has 0 aliphatic heterocycles. The first-order chi connectivity index (χ1) is 8.29. The Hall–Kier alpha value is -1.78. The molecule has 3 N–H and O–H groups in total. The van der Waals surface area contributed by atoms with Crippen molar-refractivity contribution >= 4 is 22.6 Å². The second-order valence-corrected chi connectivity index (χ2v) is 4.07. The third-order valence-corrected chi connectivity index (χ3v) is 2.91. The van der Waals surface area contributed by atoms with Crippen molar-refractivity contribution in [3.05, 3.63) is 41.5 Å². The van der Waals surface area contributed by atoms with E-state index in [9.17, 15) is 0 Å². The average Bonchev–Trinajstić information content (AvgIpc) is 2.92. The van der Waals surface area contributed by atoms with Crippen molar-refractivity contribution in [2.24, 2.45) is 5.73 Å². The maximum atomic E-state index is 6.10. The third kappa shape index (κ3) is 1.62. The first-order valence-corrected chi connectivity index (χ1v) is 5.58. The summed E-state index contributed by atoms with van der Waals surface area (Å²) in [5.41, 5.74) is 7.89. The van der Waals surface area contributed by atoms with E-state index in [0.29, 0.717) is 23.2 Å². The lowest BCUT2D eigenvalue weighted by molar-refractivity contribution is 0.617. The monoisotopic (exact) mass is 247 g/mol. The zero-order valence-corrected chi connectivity index (χ0v) is 9.66. The van der Waals surface area contributed by atoms with Gasteiger partial charge in [-0.15, -0.1) is 0 Å². The van der Waals surface area contributed by atoms with Gasteiger partial charge in [0.25, 0.3) is 0 Å². The molecule has 0 atom stereocenters. The minimum absolute atomic E-state index is 0.329. The molecule has 0 aliphatic carbocycles. The van der Waals surface area contributed by atoms with Crippen LogP contribution in [0, 0.1) is 0 Å². The van der Waals surface area contributed by atoms with E-state index in [1.807, 2.05) is 24.3 Å². The highest BCUT2D eigenvalue weighted by atomic mass is 35.5. The fraction of sp³-hybridized carbons (Fsp3) is 0.0833. The quantitative estimate of drug-likeness (QED) is 0.732. The van der Waals surface area contributed by atoms with E-state index in [4.69, 9.17) is 21.8 Å². The van der Waals surface area contributed by atoms with Gasteiger partial charge in [0.1, 0.15) is 28.5 Å². The van der Waals surface area contributed by atoms with Gasteiger partial charge in [-0.1, -0.05) is 29.8 Å². The molecule has 3 aromatic rings. The van der Waals surface area contributed by atoms with Crippen LogP contribution < -0.4 is 5.73 Å². The lowest BCUT2D eigenvalue weighted by atomic mass is 10.1. The zero-order valence-electron chi connectivity index (χ0n) is 8.90. The number of benzene rings is 1. The van der Waals surface area contributed by atoms with Crippen LogP contribution in [-0.2, 0) is 6.54 Å². The Morgan fingerprint density at radius 1 is 1.35 bits per heavy atom. The van der Waals surface area contributed by atoms with Crippen molar-refractivity contribution in [1.82, 2.24) is 9.97 Å². The molecule has 0 radical (unpaired) electrons. The molecule has 0 saturated heterocycles. The van der Waals surface area contributed by atoms with Gasteiger partial charge in [-0.3, -0.25) is 0 Å². The predicted octanol–water partition coefficient (Wildman–Crippen LogP) is 2.94. The number of rotatable bonds is 2. The standard InChI is InChI=1S/C12H10ClN3O/c13-12-11(15-10(5-14)16-12)8-6-17-9-4-2-1-3-7(8)9/h1-4,6H,5,14H2,(H,15,16). The Morgan fingerprint density at radius 2 is 2.18 bits per heavy atom. The Labute approximate surface area is 102 Å². The van der Waals surface area contributed by atoms with Gasteiger partial charge in [0.15, 0.2) is 0 Å². The van der Waals surface area contributed by atoms with E-state index >= 15 is 0 Å². The van der Waals surface area contributed by atoms with Crippen molar-refractivity contribution in [2.75, 3.05) is 0 Å². The smallest absolute Gasteiger partial charge is 0.134 e. The summed E-state index contributed by atoms with van der Waals surface area (Å²) >= 11 is 6.10. The molecule has 3 rings (SSSR count). The summed E-state index contributed by atoms with van der Waals surface area (Å²) in [5, 5.41) is 1.47. The van der Waals surface area contributed by atoms with Crippen molar-refractivity contribution < 1.29 is 4.42 Å². The number of aromatic amines is 1. The van der Waals surface area contributed by atoms with Crippen LogP contribution in [0.25, 0.3) is 22.2 Å². The Bertz CT molecular complexity index is 671. The number of furan rings is 1. The second-order valence-electron chi connectivity index (χ2n) is 3.70. The Morgan fingerprint density at radius 3 is 2.94 bits per heavy atom. The summed E-state index contributed by atoms with van der Waals surface area (Å²) < 4.78 is 5.46. The molecule has 0 spiro atoms. The number of halogens is 1. The summed E-state index contributed by atoms with van der Waals surface area (Å²) in [6.45, 7) is 0.329. The SMILES string of the molecule is NCc1nc(-c2coc3ccccc23)c(Cl)[nH]1. The van der Waals surface area contributed by atoms with Crippen LogP contribution in [-0.4, -0.2) is 9.97 Å². The first kappa shape index (κ1) is 10.4. The molecule has 5 heteroatoms.